The van der Waals surface area contributed by atoms with Gasteiger partial charge in [0.2, 0.25) is 6.79 Å². The molecule has 3 aromatic rings. The Balaban J connectivity index is 1.40. The highest BCUT2D eigenvalue weighted by Gasteiger charge is 2.35. The molecule has 1 atom stereocenters. The SMILES string of the molecule is Cc1ccc(CSC2=NN3C(=c4ccccc4=N[C@H]3c3ccc4c(c3)OCO4)C(=O)N2)cc1. The second-order valence-electron chi connectivity index (χ2n) is 7.96. The zero-order valence-electron chi connectivity index (χ0n) is 17.8. The molecule has 0 aromatic heterocycles. The summed E-state index contributed by atoms with van der Waals surface area (Å²) in [6.07, 6.45) is -0.495. The monoisotopic (exact) mass is 456 g/mol. The lowest BCUT2D eigenvalue weighted by atomic mass is 10.1. The van der Waals surface area contributed by atoms with E-state index in [-0.39, 0.29) is 12.7 Å². The average Bonchev–Trinajstić information content (AvgIpc) is 3.31. The third-order valence-corrected chi connectivity index (χ3v) is 6.64. The molecule has 0 aliphatic carbocycles. The van der Waals surface area contributed by atoms with Crippen molar-refractivity contribution in [3.05, 3.63) is 94.0 Å². The van der Waals surface area contributed by atoms with E-state index >= 15 is 0 Å². The Morgan fingerprint density at radius 2 is 1.88 bits per heavy atom. The van der Waals surface area contributed by atoms with E-state index in [0.29, 0.717) is 28.1 Å². The molecule has 33 heavy (non-hydrogen) atoms. The van der Waals surface area contributed by atoms with E-state index in [1.807, 2.05) is 42.5 Å². The van der Waals surface area contributed by atoms with Crippen LogP contribution in [-0.2, 0) is 10.5 Å². The molecule has 7 nitrogen and oxygen atoms in total. The van der Waals surface area contributed by atoms with Crippen molar-refractivity contribution in [1.82, 2.24) is 10.3 Å². The van der Waals surface area contributed by atoms with E-state index in [9.17, 15) is 4.79 Å². The van der Waals surface area contributed by atoms with E-state index in [1.54, 1.807) is 5.01 Å². The number of hydrogen-bond donors (Lipinski definition) is 1. The van der Waals surface area contributed by atoms with Crippen molar-refractivity contribution in [3.63, 3.8) is 0 Å². The van der Waals surface area contributed by atoms with Gasteiger partial charge in [0.05, 0.1) is 5.36 Å². The van der Waals surface area contributed by atoms with Gasteiger partial charge in [-0.2, -0.15) is 0 Å². The fraction of sp³-hybridized carbons (Fsp3) is 0.160. The van der Waals surface area contributed by atoms with Crippen LogP contribution in [0.2, 0.25) is 0 Å². The minimum atomic E-state index is -0.495. The Bertz CT molecular complexity index is 1420. The van der Waals surface area contributed by atoms with Crippen LogP contribution in [-0.4, -0.2) is 22.9 Å². The predicted molar refractivity (Wildman–Crippen MR) is 126 cm³/mol. The van der Waals surface area contributed by atoms with E-state index in [2.05, 4.69) is 36.5 Å². The number of amides is 1. The quantitative estimate of drug-likeness (QED) is 0.656. The van der Waals surface area contributed by atoms with Crippen LogP contribution in [0.1, 0.15) is 22.9 Å². The summed E-state index contributed by atoms with van der Waals surface area (Å²) < 4.78 is 11.0. The Morgan fingerprint density at radius 1 is 1.06 bits per heavy atom. The molecule has 0 fully saturated rings. The molecule has 0 saturated heterocycles. The van der Waals surface area contributed by atoms with Crippen LogP contribution in [0.25, 0.3) is 5.70 Å². The third-order valence-electron chi connectivity index (χ3n) is 5.71. The average molecular weight is 457 g/mol. The number of fused-ring (bicyclic) bond motifs is 3. The Kier molecular flexibility index (Phi) is 4.80. The van der Waals surface area contributed by atoms with Gasteiger partial charge in [-0.05, 0) is 30.7 Å². The van der Waals surface area contributed by atoms with Crippen LogP contribution in [0.3, 0.4) is 0 Å². The molecule has 1 N–H and O–H groups in total. The molecule has 0 saturated carbocycles. The van der Waals surface area contributed by atoms with Crippen LogP contribution < -0.4 is 25.4 Å². The maximum Gasteiger partial charge on any atom is 0.276 e. The predicted octanol–water partition coefficient (Wildman–Crippen LogP) is 2.80. The van der Waals surface area contributed by atoms with E-state index in [0.717, 1.165) is 16.1 Å². The van der Waals surface area contributed by atoms with Gasteiger partial charge in [0.15, 0.2) is 22.8 Å². The van der Waals surface area contributed by atoms with E-state index in [1.165, 1.54) is 22.9 Å². The highest BCUT2D eigenvalue weighted by molar-refractivity contribution is 8.13. The van der Waals surface area contributed by atoms with Gasteiger partial charge in [-0.15, -0.1) is 5.10 Å². The van der Waals surface area contributed by atoms with Crippen LogP contribution >= 0.6 is 11.8 Å². The molecule has 0 spiro atoms. The number of ether oxygens (including phenoxy) is 2. The minimum Gasteiger partial charge on any atom is -0.454 e. The fourth-order valence-corrected chi connectivity index (χ4v) is 4.83. The number of rotatable bonds is 3. The second kappa shape index (κ2) is 7.97. The van der Waals surface area contributed by atoms with E-state index < -0.39 is 6.17 Å². The molecule has 164 valence electrons. The first kappa shape index (κ1) is 19.9. The molecule has 3 aliphatic rings. The third kappa shape index (κ3) is 3.62. The summed E-state index contributed by atoms with van der Waals surface area (Å²) >= 11 is 1.49. The summed E-state index contributed by atoms with van der Waals surface area (Å²) in [6.45, 7) is 2.26. The number of hydrazone groups is 1. The number of amidine groups is 1. The van der Waals surface area contributed by atoms with Crippen molar-refractivity contribution < 1.29 is 14.3 Å². The summed E-state index contributed by atoms with van der Waals surface area (Å²) in [4.78, 5) is 18.2. The summed E-state index contributed by atoms with van der Waals surface area (Å²) in [5.41, 5.74) is 3.74. The van der Waals surface area contributed by atoms with Gasteiger partial charge in [0.25, 0.3) is 5.91 Å². The van der Waals surface area contributed by atoms with Gasteiger partial charge >= 0.3 is 0 Å². The van der Waals surface area contributed by atoms with Crippen LogP contribution in [0.4, 0.5) is 0 Å². The van der Waals surface area contributed by atoms with Gasteiger partial charge in [-0.1, -0.05) is 65.9 Å². The first-order valence-electron chi connectivity index (χ1n) is 10.6. The molecule has 3 aliphatic heterocycles. The Hall–Kier alpha value is -3.78. The Morgan fingerprint density at radius 3 is 2.76 bits per heavy atom. The first-order valence-corrected chi connectivity index (χ1v) is 11.6. The number of aryl methyl sites for hydroxylation is 1. The molecule has 3 aromatic carbocycles. The van der Waals surface area contributed by atoms with Crippen molar-refractivity contribution in [2.24, 2.45) is 10.1 Å². The maximum atomic E-state index is 13.3. The second-order valence-corrected chi connectivity index (χ2v) is 8.92. The summed E-state index contributed by atoms with van der Waals surface area (Å²) in [5, 5.41) is 11.6. The summed E-state index contributed by atoms with van der Waals surface area (Å²) in [6, 6.07) is 21.7. The number of benzene rings is 3. The van der Waals surface area contributed by atoms with Gasteiger partial charge < -0.3 is 9.47 Å². The van der Waals surface area contributed by atoms with Gasteiger partial charge in [0.1, 0.15) is 5.70 Å². The topological polar surface area (TPSA) is 75.5 Å². The number of nitrogens with zero attached hydrogens (tertiary/aromatic N) is 3. The number of carbonyl (C=O) groups is 1. The van der Waals surface area contributed by atoms with Crippen molar-refractivity contribution in [2.75, 3.05) is 6.79 Å². The molecule has 1 amide bonds. The smallest absolute Gasteiger partial charge is 0.276 e. The van der Waals surface area contributed by atoms with Crippen LogP contribution in [0.5, 0.6) is 11.5 Å². The lowest BCUT2D eigenvalue weighted by Crippen LogP contribution is -2.50. The molecule has 8 heteroatoms. The zero-order valence-corrected chi connectivity index (χ0v) is 18.6. The number of para-hydroxylation sites is 1. The minimum absolute atomic E-state index is 0.190. The zero-order chi connectivity index (χ0) is 22.4. The Labute approximate surface area is 194 Å². The lowest BCUT2D eigenvalue weighted by Gasteiger charge is -2.34. The lowest BCUT2D eigenvalue weighted by molar-refractivity contribution is -0.116. The summed E-state index contributed by atoms with van der Waals surface area (Å²) in [5.74, 6) is 1.88. The molecule has 0 bridgehead atoms. The molecule has 0 radical (unpaired) electrons. The first-order chi connectivity index (χ1) is 16.2. The van der Waals surface area contributed by atoms with Crippen molar-refractivity contribution >= 4 is 28.5 Å². The highest BCUT2D eigenvalue weighted by atomic mass is 32.2. The number of thioether (sulfide) groups is 1. The van der Waals surface area contributed by atoms with Crippen molar-refractivity contribution in [3.8, 4) is 11.5 Å². The molecular formula is C25H20N4O3S. The molecule has 3 heterocycles. The molecule has 6 rings (SSSR count). The highest BCUT2D eigenvalue weighted by Crippen LogP contribution is 2.38. The van der Waals surface area contributed by atoms with Crippen molar-refractivity contribution in [2.45, 2.75) is 18.8 Å². The van der Waals surface area contributed by atoms with Gasteiger partial charge in [-0.3, -0.25) is 15.1 Å². The van der Waals surface area contributed by atoms with Crippen molar-refractivity contribution in [1.29, 1.82) is 0 Å². The van der Waals surface area contributed by atoms with Gasteiger partial charge in [0, 0.05) is 16.5 Å². The summed E-state index contributed by atoms with van der Waals surface area (Å²) in [7, 11) is 0. The van der Waals surface area contributed by atoms with Crippen LogP contribution in [0, 0.1) is 6.92 Å². The maximum absolute atomic E-state index is 13.3. The number of nitrogens with one attached hydrogen (secondary N) is 1. The largest absolute Gasteiger partial charge is 0.454 e. The molecular weight excluding hydrogens is 436 g/mol. The van der Waals surface area contributed by atoms with Gasteiger partial charge in [-0.25, -0.2) is 5.01 Å². The molecule has 0 unspecified atom stereocenters. The van der Waals surface area contributed by atoms with Crippen LogP contribution in [0.15, 0.2) is 76.8 Å². The number of hydrogen-bond acceptors (Lipinski definition) is 7. The standard InChI is InChI=1S/C25H20N4O3S/c1-15-6-8-16(9-7-15)13-33-25-27-24(30)22-18-4-2-3-5-19(18)26-23(29(22)28-25)17-10-11-20-21(12-17)32-14-31-20/h2-12,23H,13-14H2,1H3,(H,27,28,30)/t23-/m1/s1. The fourth-order valence-electron chi connectivity index (χ4n) is 4.02. The normalized spacial score (nSPS) is 18.2. The number of carbonyl (C=O) groups excluding carboxylic acids is 1. The van der Waals surface area contributed by atoms with E-state index in [4.69, 9.17) is 19.6 Å².